The molecule has 2 aromatic heterocycles. The first-order chi connectivity index (χ1) is 9.66. The van der Waals surface area contributed by atoms with E-state index in [1.807, 2.05) is 0 Å². The molecule has 0 spiro atoms. The van der Waals surface area contributed by atoms with Crippen molar-refractivity contribution in [2.45, 2.75) is 0 Å². The lowest BCUT2D eigenvalue weighted by Gasteiger charge is -2.18. The van der Waals surface area contributed by atoms with Crippen LogP contribution >= 0.6 is 15.9 Å². The molecular weight excluding hydrogens is 322 g/mol. The van der Waals surface area contributed by atoms with E-state index in [2.05, 4.69) is 30.9 Å². The van der Waals surface area contributed by atoms with Gasteiger partial charge in [0.05, 0.1) is 17.5 Å². The van der Waals surface area contributed by atoms with Crippen molar-refractivity contribution < 1.29 is 5.21 Å². The number of nitrogens with one attached hydrogen (secondary N) is 2. The van der Waals surface area contributed by atoms with Crippen LogP contribution < -0.4 is 5.06 Å². The van der Waals surface area contributed by atoms with E-state index in [9.17, 15) is 5.21 Å². The molecule has 0 amide bonds. The maximum absolute atomic E-state index is 10.2. The van der Waals surface area contributed by atoms with Gasteiger partial charge in [-0.05, 0) is 30.3 Å². The molecule has 2 heterocycles. The summed E-state index contributed by atoms with van der Waals surface area (Å²) < 4.78 is 0.904. The van der Waals surface area contributed by atoms with Gasteiger partial charge in [-0.2, -0.15) is 0 Å². The van der Waals surface area contributed by atoms with Gasteiger partial charge >= 0.3 is 0 Å². The Morgan fingerprint density at radius 1 is 1.20 bits per heavy atom. The highest BCUT2D eigenvalue weighted by Crippen LogP contribution is 2.20. The number of amidine groups is 1. The van der Waals surface area contributed by atoms with E-state index in [0.29, 0.717) is 22.4 Å². The van der Waals surface area contributed by atoms with Crippen LogP contribution in [0, 0.1) is 5.41 Å². The molecule has 0 saturated carbocycles. The SMILES string of the molecule is N=C(c1ccnc2nc[nH]c12)N(O)c1ccc(Br)cc1. The second kappa shape index (κ2) is 5.03. The van der Waals surface area contributed by atoms with E-state index in [1.165, 1.54) is 6.33 Å². The van der Waals surface area contributed by atoms with Crippen molar-refractivity contribution in [3.8, 4) is 0 Å². The lowest BCUT2D eigenvalue weighted by molar-refractivity contribution is 0.312. The molecule has 0 aliphatic rings. The van der Waals surface area contributed by atoms with E-state index in [4.69, 9.17) is 5.41 Å². The zero-order valence-electron chi connectivity index (χ0n) is 10.2. The highest BCUT2D eigenvalue weighted by molar-refractivity contribution is 9.10. The third-order valence-corrected chi connectivity index (χ3v) is 3.39. The number of H-pyrrole nitrogens is 1. The van der Waals surface area contributed by atoms with Crippen LogP contribution in [0.15, 0.2) is 47.3 Å². The molecule has 0 fully saturated rings. The molecule has 100 valence electrons. The van der Waals surface area contributed by atoms with Gasteiger partial charge in [0.2, 0.25) is 0 Å². The van der Waals surface area contributed by atoms with Crippen molar-refractivity contribution in [3.05, 3.63) is 52.9 Å². The molecule has 0 radical (unpaired) electrons. The summed E-state index contributed by atoms with van der Waals surface area (Å²) in [6.45, 7) is 0. The summed E-state index contributed by atoms with van der Waals surface area (Å²) >= 11 is 3.33. The minimum atomic E-state index is -0.0519. The van der Waals surface area contributed by atoms with Crippen LogP contribution in [0.25, 0.3) is 11.2 Å². The minimum absolute atomic E-state index is 0.0519. The molecule has 0 unspecified atom stereocenters. The standard InChI is InChI=1S/C13H10BrN5O/c14-8-1-3-9(4-2-8)19(20)12(15)10-5-6-16-13-11(10)17-7-18-13/h1-7,15,20H,(H,16,17,18). The summed E-state index contributed by atoms with van der Waals surface area (Å²) in [7, 11) is 0. The molecule has 0 saturated heterocycles. The number of anilines is 1. The quantitative estimate of drug-likeness (QED) is 0.382. The fourth-order valence-electron chi connectivity index (χ4n) is 1.87. The number of aromatic amines is 1. The largest absolute Gasteiger partial charge is 0.343 e. The van der Waals surface area contributed by atoms with Gasteiger partial charge in [-0.3, -0.25) is 10.6 Å². The number of halogens is 1. The molecule has 0 atom stereocenters. The highest BCUT2D eigenvalue weighted by atomic mass is 79.9. The Kier molecular flexibility index (Phi) is 3.21. The fraction of sp³-hybridized carbons (Fsp3) is 0. The second-order valence-corrected chi connectivity index (χ2v) is 5.01. The van der Waals surface area contributed by atoms with Crippen LogP contribution in [0.5, 0.6) is 0 Å². The van der Waals surface area contributed by atoms with Crippen LogP contribution in [0.2, 0.25) is 0 Å². The second-order valence-electron chi connectivity index (χ2n) is 4.10. The Morgan fingerprint density at radius 2 is 1.95 bits per heavy atom. The smallest absolute Gasteiger partial charge is 0.178 e. The van der Waals surface area contributed by atoms with Crippen molar-refractivity contribution in [2.24, 2.45) is 0 Å². The van der Waals surface area contributed by atoms with Crippen molar-refractivity contribution >= 4 is 38.6 Å². The number of hydrogen-bond donors (Lipinski definition) is 3. The molecule has 3 N–H and O–H groups in total. The van der Waals surface area contributed by atoms with Gasteiger partial charge in [-0.1, -0.05) is 15.9 Å². The average Bonchev–Trinajstić information content (AvgIpc) is 2.95. The fourth-order valence-corrected chi connectivity index (χ4v) is 2.14. The number of hydroxylamine groups is 1. The van der Waals surface area contributed by atoms with Crippen LogP contribution in [-0.2, 0) is 0 Å². The zero-order valence-corrected chi connectivity index (χ0v) is 11.8. The molecular formula is C13H10BrN5O. The maximum Gasteiger partial charge on any atom is 0.178 e. The van der Waals surface area contributed by atoms with Crippen LogP contribution in [0.1, 0.15) is 5.56 Å². The van der Waals surface area contributed by atoms with E-state index < -0.39 is 0 Å². The summed E-state index contributed by atoms with van der Waals surface area (Å²) in [5.41, 5.74) is 2.16. The van der Waals surface area contributed by atoms with E-state index in [0.717, 1.165) is 9.54 Å². The summed E-state index contributed by atoms with van der Waals surface area (Å²) in [5, 5.41) is 19.1. The monoisotopic (exact) mass is 331 g/mol. The summed E-state index contributed by atoms with van der Waals surface area (Å²) in [4.78, 5) is 11.0. The Labute approximate surface area is 122 Å². The average molecular weight is 332 g/mol. The Morgan fingerprint density at radius 3 is 2.70 bits per heavy atom. The number of fused-ring (bicyclic) bond motifs is 1. The summed E-state index contributed by atoms with van der Waals surface area (Å²) in [5.74, 6) is -0.0519. The first-order valence-corrected chi connectivity index (χ1v) is 6.57. The Hall–Kier alpha value is -2.25. The number of rotatable bonds is 2. The van der Waals surface area contributed by atoms with Gasteiger partial charge in [-0.25, -0.2) is 15.0 Å². The molecule has 0 aliphatic heterocycles. The molecule has 0 aliphatic carbocycles. The zero-order chi connectivity index (χ0) is 14.1. The molecule has 3 rings (SSSR count). The normalized spacial score (nSPS) is 10.7. The van der Waals surface area contributed by atoms with E-state index in [1.54, 1.807) is 36.5 Å². The number of imidazole rings is 1. The molecule has 20 heavy (non-hydrogen) atoms. The van der Waals surface area contributed by atoms with Gasteiger partial charge in [0.1, 0.15) is 0 Å². The molecule has 0 bridgehead atoms. The first-order valence-electron chi connectivity index (χ1n) is 5.78. The molecule has 3 aromatic rings. The Bertz CT molecular complexity index is 768. The van der Waals surface area contributed by atoms with Gasteiger partial charge in [0, 0.05) is 16.2 Å². The van der Waals surface area contributed by atoms with Gasteiger partial charge in [0.15, 0.2) is 11.5 Å². The maximum atomic E-state index is 10.2. The van der Waals surface area contributed by atoms with Crippen molar-refractivity contribution in [1.82, 2.24) is 15.0 Å². The number of pyridine rings is 1. The number of benzene rings is 1. The highest BCUT2D eigenvalue weighted by Gasteiger charge is 2.15. The van der Waals surface area contributed by atoms with Crippen molar-refractivity contribution in [3.63, 3.8) is 0 Å². The molecule has 7 heteroatoms. The van der Waals surface area contributed by atoms with E-state index >= 15 is 0 Å². The number of aromatic nitrogens is 3. The van der Waals surface area contributed by atoms with Crippen LogP contribution in [-0.4, -0.2) is 26.0 Å². The molecule has 1 aromatic carbocycles. The van der Waals surface area contributed by atoms with Crippen molar-refractivity contribution in [1.29, 1.82) is 5.41 Å². The Balaban J connectivity index is 1.99. The van der Waals surface area contributed by atoms with Crippen molar-refractivity contribution in [2.75, 3.05) is 5.06 Å². The number of nitrogens with zero attached hydrogens (tertiary/aromatic N) is 3. The first kappa shape index (κ1) is 12.8. The topological polar surface area (TPSA) is 88.9 Å². The van der Waals surface area contributed by atoms with Crippen LogP contribution in [0.4, 0.5) is 5.69 Å². The van der Waals surface area contributed by atoms with Gasteiger partial charge < -0.3 is 4.98 Å². The lowest BCUT2D eigenvalue weighted by atomic mass is 10.2. The third kappa shape index (κ3) is 2.17. The predicted molar refractivity (Wildman–Crippen MR) is 79.1 cm³/mol. The van der Waals surface area contributed by atoms with E-state index in [-0.39, 0.29) is 5.84 Å². The predicted octanol–water partition coefficient (Wildman–Crippen LogP) is 2.94. The minimum Gasteiger partial charge on any atom is -0.343 e. The van der Waals surface area contributed by atoms with Gasteiger partial charge in [0.25, 0.3) is 0 Å². The van der Waals surface area contributed by atoms with Gasteiger partial charge in [-0.15, -0.1) is 0 Å². The molecule has 6 nitrogen and oxygen atoms in total. The summed E-state index contributed by atoms with van der Waals surface area (Å²) in [6.07, 6.45) is 3.07. The summed E-state index contributed by atoms with van der Waals surface area (Å²) in [6, 6.07) is 8.67. The number of hydrogen-bond acceptors (Lipinski definition) is 4. The van der Waals surface area contributed by atoms with Crippen LogP contribution in [0.3, 0.4) is 0 Å². The third-order valence-electron chi connectivity index (χ3n) is 2.86. The lowest BCUT2D eigenvalue weighted by Crippen LogP contribution is -2.27.